The van der Waals surface area contributed by atoms with E-state index in [1.165, 1.54) is 83.7 Å². The third-order valence-electron chi connectivity index (χ3n) is 5.49. The first-order valence-electron chi connectivity index (χ1n) is 8.64. The summed E-state index contributed by atoms with van der Waals surface area (Å²) in [6, 6.07) is 0. The molecular weight excluding hydrogens is 218 g/mol. The molecule has 3 aliphatic rings. The molecule has 0 saturated heterocycles. The van der Waals surface area contributed by atoms with Gasteiger partial charge in [-0.25, -0.2) is 0 Å². The van der Waals surface area contributed by atoms with Crippen LogP contribution in [0.4, 0.5) is 0 Å². The second-order valence-corrected chi connectivity index (χ2v) is 7.21. The molecule has 0 aromatic rings. The van der Waals surface area contributed by atoms with Gasteiger partial charge in [0.1, 0.15) is 0 Å². The molecule has 0 unspecified atom stereocenters. The Morgan fingerprint density at radius 1 is 0.722 bits per heavy atom. The van der Waals surface area contributed by atoms with E-state index in [2.05, 4.69) is 5.32 Å². The normalized spacial score (nSPS) is 27.2. The second kappa shape index (κ2) is 6.41. The molecule has 3 rings (SSSR count). The van der Waals surface area contributed by atoms with Crippen LogP contribution in [-0.2, 0) is 0 Å². The van der Waals surface area contributed by atoms with Crippen LogP contribution in [0.1, 0.15) is 70.6 Å². The predicted molar refractivity (Wildman–Crippen MR) is 77.6 cm³/mol. The Bertz CT molecular complexity index is 222. The van der Waals surface area contributed by atoms with Gasteiger partial charge in [0, 0.05) is 0 Å². The minimum Gasteiger partial charge on any atom is -0.316 e. The van der Waals surface area contributed by atoms with E-state index in [1.54, 1.807) is 0 Å². The lowest BCUT2D eigenvalue weighted by atomic mass is 9.91. The molecule has 1 N–H and O–H groups in total. The maximum absolute atomic E-state index is 3.85. The van der Waals surface area contributed by atoms with Crippen molar-refractivity contribution in [2.75, 3.05) is 13.1 Å². The summed E-state index contributed by atoms with van der Waals surface area (Å²) in [5.41, 5.74) is 0. The van der Waals surface area contributed by atoms with Gasteiger partial charge in [0.15, 0.2) is 0 Å². The Balaban J connectivity index is 1.34. The SMILES string of the molecule is C1CCCC(CNCC(C2CC2)C2CC2)CCC1. The number of rotatable bonds is 6. The quantitative estimate of drug-likeness (QED) is 0.737. The third kappa shape index (κ3) is 3.98. The van der Waals surface area contributed by atoms with Crippen molar-refractivity contribution in [3.8, 4) is 0 Å². The molecule has 0 aromatic carbocycles. The molecule has 0 spiro atoms. The molecule has 18 heavy (non-hydrogen) atoms. The van der Waals surface area contributed by atoms with Crippen LogP contribution in [-0.4, -0.2) is 13.1 Å². The highest BCUT2D eigenvalue weighted by atomic mass is 14.9. The number of hydrogen-bond donors (Lipinski definition) is 1. The minimum atomic E-state index is 0.990. The van der Waals surface area contributed by atoms with Crippen LogP contribution in [0.5, 0.6) is 0 Å². The van der Waals surface area contributed by atoms with Crippen LogP contribution in [0, 0.1) is 23.7 Å². The molecule has 104 valence electrons. The van der Waals surface area contributed by atoms with Crippen molar-refractivity contribution >= 4 is 0 Å². The van der Waals surface area contributed by atoms with E-state index >= 15 is 0 Å². The summed E-state index contributed by atoms with van der Waals surface area (Å²) in [6.07, 6.45) is 16.6. The van der Waals surface area contributed by atoms with Gasteiger partial charge in [-0.3, -0.25) is 0 Å². The fraction of sp³-hybridized carbons (Fsp3) is 1.00. The Morgan fingerprint density at radius 3 is 1.83 bits per heavy atom. The van der Waals surface area contributed by atoms with E-state index in [-0.39, 0.29) is 0 Å². The van der Waals surface area contributed by atoms with E-state index in [1.807, 2.05) is 0 Å². The fourth-order valence-electron chi connectivity index (χ4n) is 3.97. The fourth-order valence-corrected chi connectivity index (χ4v) is 3.97. The Hall–Kier alpha value is -0.0400. The third-order valence-corrected chi connectivity index (χ3v) is 5.49. The Morgan fingerprint density at radius 2 is 1.28 bits per heavy atom. The maximum atomic E-state index is 3.85. The highest BCUT2D eigenvalue weighted by Gasteiger charge is 2.40. The van der Waals surface area contributed by atoms with E-state index in [0.717, 1.165) is 23.7 Å². The van der Waals surface area contributed by atoms with Crippen molar-refractivity contribution in [1.82, 2.24) is 5.32 Å². The average Bonchev–Trinajstić information content (AvgIpc) is 3.20. The predicted octanol–water partition coefficient (Wildman–Crippen LogP) is 4.37. The van der Waals surface area contributed by atoms with Gasteiger partial charge >= 0.3 is 0 Å². The first kappa shape index (κ1) is 13.0. The van der Waals surface area contributed by atoms with Crippen LogP contribution in [0.2, 0.25) is 0 Å². The zero-order valence-corrected chi connectivity index (χ0v) is 12.0. The topological polar surface area (TPSA) is 12.0 Å². The van der Waals surface area contributed by atoms with Crippen LogP contribution < -0.4 is 5.32 Å². The zero-order chi connectivity index (χ0) is 12.2. The van der Waals surface area contributed by atoms with Crippen molar-refractivity contribution in [2.45, 2.75) is 70.6 Å². The van der Waals surface area contributed by atoms with Crippen LogP contribution >= 0.6 is 0 Å². The Labute approximate surface area is 113 Å². The molecule has 0 heterocycles. The number of hydrogen-bond acceptors (Lipinski definition) is 1. The van der Waals surface area contributed by atoms with Crippen LogP contribution in [0.25, 0.3) is 0 Å². The van der Waals surface area contributed by atoms with Crippen molar-refractivity contribution in [3.63, 3.8) is 0 Å². The van der Waals surface area contributed by atoms with Crippen molar-refractivity contribution in [1.29, 1.82) is 0 Å². The lowest BCUT2D eigenvalue weighted by Gasteiger charge is -2.22. The lowest BCUT2D eigenvalue weighted by molar-refractivity contribution is 0.327. The Kier molecular flexibility index (Phi) is 4.62. The lowest BCUT2D eigenvalue weighted by Crippen LogP contribution is -2.30. The first-order chi connectivity index (χ1) is 8.93. The molecule has 3 saturated carbocycles. The molecule has 0 atom stereocenters. The molecule has 0 aromatic heterocycles. The molecule has 3 fully saturated rings. The van der Waals surface area contributed by atoms with Gasteiger partial charge in [-0.15, -0.1) is 0 Å². The van der Waals surface area contributed by atoms with Gasteiger partial charge < -0.3 is 5.32 Å². The van der Waals surface area contributed by atoms with Crippen molar-refractivity contribution in [2.24, 2.45) is 23.7 Å². The minimum absolute atomic E-state index is 0.990. The highest BCUT2D eigenvalue weighted by Crippen LogP contribution is 2.48. The molecule has 0 aliphatic heterocycles. The summed E-state index contributed by atoms with van der Waals surface area (Å²) in [5, 5.41) is 3.85. The van der Waals surface area contributed by atoms with Gasteiger partial charge in [-0.05, 0) is 75.3 Å². The number of nitrogens with one attached hydrogen (secondary N) is 1. The maximum Gasteiger partial charge on any atom is -0.00151 e. The highest BCUT2D eigenvalue weighted by molar-refractivity contribution is 4.92. The first-order valence-corrected chi connectivity index (χ1v) is 8.64. The van der Waals surface area contributed by atoms with Crippen LogP contribution in [0.3, 0.4) is 0 Å². The molecule has 3 aliphatic carbocycles. The van der Waals surface area contributed by atoms with E-state index in [0.29, 0.717) is 0 Å². The second-order valence-electron chi connectivity index (χ2n) is 7.21. The summed E-state index contributed by atoms with van der Waals surface area (Å²) in [7, 11) is 0. The van der Waals surface area contributed by atoms with E-state index < -0.39 is 0 Å². The average molecular weight is 249 g/mol. The smallest absolute Gasteiger partial charge is 0.00151 e. The van der Waals surface area contributed by atoms with Gasteiger partial charge in [-0.2, -0.15) is 0 Å². The zero-order valence-electron chi connectivity index (χ0n) is 12.0. The molecule has 0 radical (unpaired) electrons. The monoisotopic (exact) mass is 249 g/mol. The van der Waals surface area contributed by atoms with E-state index in [4.69, 9.17) is 0 Å². The van der Waals surface area contributed by atoms with Gasteiger partial charge in [-0.1, -0.05) is 32.1 Å². The van der Waals surface area contributed by atoms with Crippen LogP contribution in [0.15, 0.2) is 0 Å². The van der Waals surface area contributed by atoms with Gasteiger partial charge in [0.05, 0.1) is 0 Å². The summed E-state index contributed by atoms with van der Waals surface area (Å²) in [6.45, 7) is 2.65. The molecule has 0 amide bonds. The van der Waals surface area contributed by atoms with Gasteiger partial charge in [0.25, 0.3) is 0 Å². The van der Waals surface area contributed by atoms with Crippen molar-refractivity contribution in [3.05, 3.63) is 0 Å². The molecule has 1 nitrogen and oxygen atoms in total. The summed E-state index contributed by atoms with van der Waals surface area (Å²) in [5.74, 6) is 4.27. The standard InChI is InChI=1S/C17H31N/c1-2-4-6-14(7-5-3-1)12-18-13-17(15-8-9-15)16-10-11-16/h14-18H,1-13H2. The summed E-state index contributed by atoms with van der Waals surface area (Å²) >= 11 is 0. The van der Waals surface area contributed by atoms with E-state index in [9.17, 15) is 0 Å². The largest absolute Gasteiger partial charge is 0.316 e. The summed E-state index contributed by atoms with van der Waals surface area (Å²) in [4.78, 5) is 0. The van der Waals surface area contributed by atoms with Gasteiger partial charge in [0.2, 0.25) is 0 Å². The molecule has 1 heteroatoms. The summed E-state index contributed by atoms with van der Waals surface area (Å²) < 4.78 is 0. The molecule has 0 bridgehead atoms. The molecular formula is C17H31N. The van der Waals surface area contributed by atoms with Crippen molar-refractivity contribution < 1.29 is 0 Å².